The van der Waals surface area contributed by atoms with Crippen LogP contribution in [0, 0.1) is 12.3 Å². The van der Waals surface area contributed by atoms with Crippen LogP contribution >= 0.6 is 0 Å². The molecule has 1 fully saturated rings. The first-order chi connectivity index (χ1) is 9.50. The Bertz CT molecular complexity index is 421. The van der Waals surface area contributed by atoms with Crippen molar-refractivity contribution in [1.82, 2.24) is 5.32 Å². The summed E-state index contributed by atoms with van der Waals surface area (Å²) in [6, 6.07) is 9.60. The van der Waals surface area contributed by atoms with Crippen molar-refractivity contribution in [3.05, 3.63) is 35.4 Å². The Labute approximate surface area is 123 Å². The Morgan fingerprint density at radius 3 is 2.70 bits per heavy atom. The van der Waals surface area contributed by atoms with Crippen LogP contribution in [0.1, 0.15) is 56.6 Å². The quantitative estimate of drug-likeness (QED) is 0.796. The minimum Gasteiger partial charge on any atom is -0.396 e. The highest BCUT2D eigenvalue weighted by molar-refractivity contribution is 5.27. The van der Waals surface area contributed by atoms with Gasteiger partial charge in [0.05, 0.1) is 0 Å². The summed E-state index contributed by atoms with van der Waals surface area (Å²) < 4.78 is 0. The number of aliphatic hydroxyl groups is 1. The molecule has 1 aromatic rings. The molecule has 2 rings (SSSR count). The molecule has 112 valence electrons. The van der Waals surface area contributed by atoms with Crippen LogP contribution in [-0.4, -0.2) is 24.3 Å². The first-order valence-corrected chi connectivity index (χ1v) is 7.91. The number of nitrogens with one attached hydrogen (secondary N) is 1. The SMILES string of the molecule is Cc1cccc(C2CC(NCC(C)(C)CCCO)C2)c1. The fourth-order valence-electron chi connectivity index (χ4n) is 3.05. The van der Waals surface area contributed by atoms with E-state index < -0.39 is 0 Å². The predicted molar refractivity (Wildman–Crippen MR) is 85.0 cm³/mol. The third kappa shape index (κ3) is 4.32. The Balaban J connectivity index is 1.72. The summed E-state index contributed by atoms with van der Waals surface area (Å²) in [5, 5.41) is 12.6. The van der Waals surface area contributed by atoms with Gasteiger partial charge in [-0.15, -0.1) is 0 Å². The molecule has 0 spiro atoms. The van der Waals surface area contributed by atoms with Crippen LogP contribution in [0.4, 0.5) is 0 Å². The van der Waals surface area contributed by atoms with Gasteiger partial charge < -0.3 is 10.4 Å². The lowest BCUT2D eigenvalue weighted by Gasteiger charge is -2.39. The largest absolute Gasteiger partial charge is 0.396 e. The number of rotatable bonds is 7. The molecule has 0 saturated heterocycles. The van der Waals surface area contributed by atoms with Crippen molar-refractivity contribution < 1.29 is 5.11 Å². The Hall–Kier alpha value is -0.860. The van der Waals surface area contributed by atoms with Gasteiger partial charge >= 0.3 is 0 Å². The van der Waals surface area contributed by atoms with Crippen molar-refractivity contribution in [1.29, 1.82) is 0 Å². The normalized spacial score (nSPS) is 22.6. The summed E-state index contributed by atoms with van der Waals surface area (Å²) in [6.45, 7) is 8.10. The lowest BCUT2D eigenvalue weighted by atomic mass is 9.75. The van der Waals surface area contributed by atoms with Crippen molar-refractivity contribution in [2.24, 2.45) is 5.41 Å². The second-order valence-corrected chi connectivity index (χ2v) is 7.15. The molecule has 1 saturated carbocycles. The standard InChI is InChI=1S/C18H29NO/c1-14-6-4-7-15(10-14)16-11-17(12-16)19-13-18(2,3)8-5-9-20/h4,6-7,10,16-17,19-20H,5,8-9,11-13H2,1-3H3. The summed E-state index contributed by atoms with van der Waals surface area (Å²) >= 11 is 0. The van der Waals surface area contributed by atoms with Crippen LogP contribution in [0.25, 0.3) is 0 Å². The first kappa shape index (κ1) is 15.5. The van der Waals surface area contributed by atoms with E-state index in [1.807, 2.05) is 0 Å². The van der Waals surface area contributed by atoms with Gasteiger partial charge in [-0.3, -0.25) is 0 Å². The Morgan fingerprint density at radius 1 is 1.30 bits per heavy atom. The van der Waals surface area contributed by atoms with Crippen molar-refractivity contribution >= 4 is 0 Å². The zero-order chi connectivity index (χ0) is 14.6. The Morgan fingerprint density at radius 2 is 2.05 bits per heavy atom. The van der Waals surface area contributed by atoms with E-state index in [2.05, 4.69) is 50.4 Å². The smallest absolute Gasteiger partial charge is 0.0431 e. The molecule has 0 unspecified atom stereocenters. The predicted octanol–water partition coefficient (Wildman–Crippen LogP) is 3.63. The summed E-state index contributed by atoms with van der Waals surface area (Å²) in [5.41, 5.74) is 3.16. The first-order valence-electron chi connectivity index (χ1n) is 7.91. The lowest BCUT2D eigenvalue weighted by Crippen LogP contribution is -2.44. The van der Waals surface area contributed by atoms with Crippen LogP contribution in [-0.2, 0) is 0 Å². The lowest BCUT2D eigenvalue weighted by molar-refractivity contribution is 0.210. The second kappa shape index (κ2) is 6.73. The van der Waals surface area contributed by atoms with Crippen LogP contribution in [0.15, 0.2) is 24.3 Å². The molecule has 0 bridgehead atoms. The van der Waals surface area contributed by atoms with E-state index in [1.165, 1.54) is 24.0 Å². The number of aliphatic hydroxyl groups excluding tert-OH is 1. The van der Waals surface area contributed by atoms with E-state index in [4.69, 9.17) is 5.11 Å². The summed E-state index contributed by atoms with van der Waals surface area (Å²) in [4.78, 5) is 0. The molecule has 0 amide bonds. The molecule has 1 aromatic carbocycles. The highest BCUT2D eigenvalue weighted by Gasteiger charge is 2.31. The molecule has 2 heteroatoms. The van der Waals surface area contributed by atoms with Gasteiger partial charge in [0.1, 0.15) is 0 Å². The van der Waals surface area contributed by atoms with E-state index in [1.54, 1.807) is 0 Å². The molecule has 2 nitrogen and oxygen atoms in total. The number of hydrogen-bond acceptors (Lipinski definition) is 2. The minimum atomic E-state index is 0.289. The zero-order valence-corrected chi connectivity index (χ0v) is 13.2. The highest BCUT2D eigenvalue weighted by atomic mass is 16.2. The van der Waals surface area contributed by atoms with Crippen LogP contribution in [0.3, 0.4) is 0 Å². The van der Waals surface area contributed by atoms with Gasteiger partial charge in [0.2, 0.25) is 0 Å². The van der Waals surface area contributed by atoms with E-state index in [0.717, 1.165) is 25.3 Å². The average molecular weight is 275 g/mol. The van der Waals surface area contributed by atoms with Gasteiger partial charge in [-0.1, -0.05) is 43.7 Å². The number of benzene rings is 1. The molecule has 2 N–H and O–H groups in total. The third-order valence-corrected chi connectivity index (χ3v) is 4.53. The molecule has 0 atom stereocenters. The molecule has 0 radical (unpaired) electrons. The molecule has 1 aliphatic carbocycles. The van der Waals surface area contributed by atoms with E-state index in [-0.39, 0.29) is 5.41 Å². The van der Waals surface area contributed by atoms with E-state index in [0.29, 0.717) is 12.6 Å². The summed E-state index contributed by atoms with van der Waals surface area (Å²) in [5.74, 6) is 0.743. The molecule has 0 heterocycles. The van der Waals surface area contributed by atoms with Gasteiger partial charge in [-0.25, -0.2) is 0 Å². The molecule has 0 aromatic heterocycles. The molecular formula is C18H29NO. The van der Waals surface area contributed by atoms with Crippen LogP contribution < -0.4 is 5.32 Å². The number of aryl methyl sites for hydroxylation is 1. The maximum absolute atomic E-state index is 8.93. The Kier molecular flexibility index (Phi) is 5.22. The topological polar surface area (TPSA) is 32.3 Å². The number of hydrogen-bond donors (Lipinski definition) is 2. The minimum absolute atomic E-state index is 0.289. The second-order valence-electron chi connectivity index (χ2n) is 7.15. The maximum Gasteiger partial charge on any atom is 0.0431 e. The van der Waals surface area contributed by atoms with Gasteiger partial charge in [-0.05, 0) is 49.5 Å². The third-order valence-electron chi connectivity index (χ3n) is 4.53. The molecular weight excluding hydrogens is 246 g/mol. The van der Waals surface area contributed by atoms with Gasteiger partial charge in [0.15, 0.2) is 0 Å². The molecule has 0 aliphatic heterocycles. The molecule has 20 heavy (non-hydrogen) atoms. The summed E-state index contributed by atoms with van der Waals surface area (Å²) in [6.07, 6.45) is 4.52. The van der Waals surface area contributed by atoms with Gasteiger partial charge in [-0.2, -0.15) is 0 Å². The van der Waals surface area contributed by atoms with Crippen LogP contribution in [0.5, 0.6) is 0 Å². The summed E-state index contributed by atoms with van der Waals surface area (Å²) in [7, 11) is 0. The fourth-order valence-corrected chi connectivity index (χ4v) is 3.05. The van der Waals surface area contributed by atoms with E-state index in [9.17, 15) is 0 Å². The monoisotopic (exact) mass is 275 g/mol. The van der Waals surface area contributed by atoms with E-state index >= 15 is 0 Å². The highest BCUT2D eigenvalue weighted by Crippen LogP contribution is 2.37. The maximum atomic E-state index is 8.93. The molecule has 1 aliphatic rings. The zero-order valence-electron chi connectivity index (χ0n) is 13.2. The van der Waals surface area contributed by atoms with Crippen molar-refractivity contribution in [3.63, 3.8) is 0 Å². The van der Waals surface area contributed by atoms with Gasteiger partial charge in [0, 0.05) is 19.2 Å². The van der Waals surface area contributed by atoms with Crippen molar-refractivity contribution in [3.8, 4) is 0 Å². The van der Waals surface area contributed by atoms with Crippen molar-refractivity contribution in [2.75, 3.05) is 13.2 Å². The average Bonchev–Trinajstić information content (AvgIpc) is 2.34. The van der Waals surface area contributed by atoms with Crippen LogP contribution in [0.2, 0.25) is 0 Å². The van der Waals surface area contributed by atoms with Gasteiger partial charge in [0.25, 0.3) is 0 Å². The fraction of sp³-hybridized carbons (Fsp3) is 0.667. The van der Waals surface area contributed by atoms with Crippen molar-refractivity contribution in [2.45, 2.75) is 58.4 Å².